The van der Waals surface area contributed by atoms with Crippen LogP contribution < -0.4 is 5.32 Å². The van der Waals surface area contributed by atoms with Crippen molar-refractivity contribution in [1.29, 1.82) is 0 Å². The minimum absolute atomic E-state index is 0.0908. The quantitative estimate of drug-likeness (QED) is 0.594. The van der Waals surface area contributed by atoms with Crippen molar-refractivity contribution in [2.45, 2.75) is 27.7 Å². The maximum absolute atomic E-state index is 10.8. The Kier molecular flexibility index (Phi) is 4.55. The van der Waals surface area contributed by atoms with E-state index < -0.39 is 11.4 Å². The van der Waals surface area contributed by atoms with Crippen LogP contribution in [0, 0.1) is 10.8 Å². The predicted molar refractivity (Wildman–Crippen MR) is 55.2 cm³/mol. The monoisotopic (exact) mass is 203 g/mol. The first-order valence-corrected chi connectivity index (χ1v) is 4.76. The number of hydrogen-bond acceptors (Lipinski definition) is 3. The molecule has 3 N–H and O–H groups in total. The fourth-order valence-corrected chi connectivity index (χ4v) is 0.845. The number of nitrogens with one attached hydrogen (secondary N) is 1. The molecule has 0 radical (unpaired) electrons. The van der Waals surface area contributed by atoms with Gasteiger partial charge in [-0.05, 0) is 13.8 Å². The summed E-state index contributed by atoms with van der Waals surface area (Å²) in [6.45, 7) is 8.31. The van der Waals surface area contributed by atoms with Crippen LogP contribution >= 0.6 is 0 Å². The van der Waals surface area contributed by atoms with E-state index in [1.807, 2.05) is 13.8 Å². The molecule has 0 rings (SSSR count). The van der Waals surface area contributed by atoms with Gasteiger partial charge in [0.05, 0.1) is 5.41 Å². The van der Waals surface area contributed by atoms with Crippen LogP contribution in [0.1, 0.15) is 27.7 Å². The van der Waals surface area contributed by atoms with Gasteiger partial charge in [-0.1, -0.05) is 13.8 Å². The van der Waals surface area contributed by atoms with Gasteiger partial charge in [0, 0.05) is 25.1 Å². The summed E-state index contributed by atoms with van der Waals surface area (Å²) in [5.74, 6) is -0.813. The molecular formula is C10H21NO3. The molecule has 0 aromatic carbocycles. The summed E-state index contributed by atoms with van der Waals surface area (Å²) in [5.41, 5.74) is -0.958. The van der Waals surface area contributed by atoms with Gasteiger partial charge in [0.25, 0.3) is 0 Å². The fourth-order valence-electron chi connectivity index (χ4n) is 0.845. The van der Waals surface area contributed by atoms with E-state index in [4.69, 9.17) is 10.2 Å². The molecule has 4 heteroatoms. The van der Waals surface area contributed by atoms with Crippen molar-refractivity contribution in [3.8, 4) is 0 Å². The molecule has 0 atom stereocenters. The van der Waals surface area contributed by atoms with Crippen LogP contribution in [0.15, 0.2) is 0 Å². The van der Waals surface area contributed by atoms with E-state index in [2.05, 4.69) is 5.32 Å². The molecule has 0 aliphatic rings. The van der Waals surface area contributed by atoms with Gasteiger partial charge in [0.2, 0.25) is 0 Å². The largest absolute Gasteiger partial charge is 0.481 e. The lowest BCUT2D eigenvalue weighted by Crippen LogP contribution is -2.40. The molecule has 0 heterocycles. The number of carboxylic acid groups (broad SMARTS) is 1. The van der Waals surface area contributed by atoms with Crippen LogP contribution in [-0.2, 0) is 4.79 Å². The van der Waals surface area contributed by atoms with Crippen LogP contribution in [0.4, 0.5) is 0 Å². The highest BCUT2D eigenvalue weighted by molar-refractivity contribution is 5.73. The predicted octanol–water partition coefficient (Wildman–Crippen LogP) is 0.705. The lowest BCUT2D eigenvalue weighted by molar-refractivity contribution is -0.146. The van der Waals surface area contributed by atoms with Gasteiger partial charge < -0.3 is 15.5 Å². The molecule has 0 spiro atoms. The highest BCUT2D eigenvalue weighted by Crippen LogP contribution is 2.15. The normalized spacial score (nSPS) is 12.9. The van der Waals surface area contributed by atoms with Crippen molar-refractivity contribution in [2.24, 2.45) is 10.8 Å². The summed E-state index contributed by atoms with van der Waals surface area (Å²) in [6, 6.07) is 0. The maximum atomic E-state index is 10.8. The van der Waals surface area contributed by atoms with Crippen molar-refractivity contribution in [1.82, 2.24) is 5.32 Å². The highest BCUT2D eigenvalue weighted by Gasteiger charge is 2.27. The number of aliphatic hydroxyl groups is 1. The van der Waals surface area contributed by atoms with Gasteiger partial charge in [-0.15, -0.1) is 0 Å². The summed E-state index contributed by atoms with van der Waals surface area (Å²) in [6.07, 6.45) is 0. The number of carboxylic acids is 1. The summed E-state index contributed by atoms with van der Waals surface area (Å²) in [4.78, 5) is 10.8. The molecule has 0 aromatic rings. The number of rotatable bonds is 6. The Morgan fingerprint density at radius 2 is 1.71 bits per heavy atom. The van der Waals surface area contributed by atoms with Crippen molar-refractivity contribution < 1.29 is 15.0 Å². The zero-order valence-electron chi connectivity index (χ0n) is 9.42. The van der Waals surface area contributed by atoms with E-state index in [0.717, 1.165) is 0 Å². The van der Waals surface area contributed by atoms with Crippen molar-refractivity contribution in [3.05, 3.63) is 0 Å². The third-order valence-electron chi connectivity index (χ3n) is 2.18. The molecule has 0 saturated carbocycles. The van der Waals surface area contributed by atoms with Crippen molar-refractivity contribution in [3.63, 3.8) is 0 Å². The first-order chi connectivity index (χ1) is 6.21. The van der Waals surface area contributed by atoms with E-state index in [9.17, 15) is 4.79 Å². The molecule has 0 saturated heterocycles. The lowest BCUT2D eigenvalue weighted by atomic mass is 9.91. The minimum atomic E-state index is -0.813. The second-order valence-electron chi connectivity index (χ2n) is 5.11. The molecule has 0 amide bonds. The third kappa shape index (κ3) is 4.58. The van der Waals surface area contributed by atoms with Gasteiger partial charge in [-0.25, -0.2) is 0 Å². The van der Waals surface area contributed by atoms with Crippen molar-refractivity contribution >= 4 is 5.97 Å². The van der Waals surface area contributed by atoms with Crippen LogP contribution in [0.3, 0.4) is 0 Å². The van der Waals surface area contributed by atoms with Crippen LogP contribution in [-0.4, -0.2) is 35.9 Å². The Morgan fingerprint density at radius 1 is 1.21 bits per heavy atom. The average molecular weight is 203 g/mol. The van der Waals surface area contributed by atoms with Crippen LogP contribution in [0.5, 0.6) is 0 Å². The van der Waals surface area contributed by atoms with E-state index in [-0.39, 0.29) is 12.0 Å². The first kappa shape index (κ1) is 13.4. The summed E-state index contributed by atoms with van der Waals surface area (Å²) in [7, 11) is 0. The Hall–Kier alpha value is -0.610. The van der Waals surface area contributed by atoms with Crippen molar-refractivity contribution in [2.75, 3.05) is 19.7 Å². The Balaban J connectivity index is 3.91. The SMILES string of the molecule is CC(C)(CO)CNCC(C)(C)C(=O)O. The number of hydrogen-bond donors (Lipinski definition) is 3. The van der Waals surface area contributed by atoms with Gasteiger partial charge >= 0.3 is 5.97 Å². The second kappa shape index (κ2) is 4.75. The number of aliphatic hydroxyl groups excluding tert-OH is 1. The topological polar surface area (TPSA) is 69.6 Å². The zero-order chi connectivity index (χ0) is 11.4. The minimum Gasteiger partial charge on any atom is -0.481 e. The van der Waals surface area contributed by atoms with E-state index >= 15 is 0 Å². The lowest BCUT2D eigenvalue weighted by Gasteiger charge is -2.25. The number of aliphatic carboxylic acids is 1. The fraction of sp³-hybridized carbons (Fsp3) is 0.900. The van der Waals surface area contributed by atoms with Gasteiger partial charge in [-0.2, -0.15) is 0 Å². The van der Waals surface area contributed by atoms with E-state index in [1.165, 1.54) is 0 Å². The standard InChI is InChI=1S/C10H21NO3/c1-9(2,7-12)5-11-6-10(3,4)8(13)14/h11-12H,5-7H2,1-4H3,(H,13,14). The summed E-state index contributed by atoms with van der Waals surface area (Å²) < 4.78 is 0. The number of carbonyl (C=O) groups is 1. The molecular weight excluding hydrogens is 182 g/mol. The Bertz CT molecular complexity index is 200. The van der Waals surface area contributed by atoms with Crippen LogP contribution in [0.25, 0.3) is 0 Å². The van der Waals surface area contributed by atoms with Crippen LogP contribution in [0.2, 0.25) is 0 Å². The molecule has 4 nitrogen and oxygen atoms in total. The summed E-state index contributed by atoms with van der Waals surface area (Å²) in [5, 5.41) is 20.9. The molecule has 0 aromatic heterocycles. The molecule has 0 aliphatic heterocycles. The summed E-state index contributed by atoms with van der Waals surface area (Å²) >= 11 is 0. The zero-order valence-corrected chi connectivity index (χ0v) is 9.42. The highest BCUT2D eigenvalue weighted by atomic mass is 16.4. The molecule has 14 heavy (non-hydrogen) atoms. The third-order valence-corrected chi connectivity index (χ3v) is 2.18. The van der Waals surface area contributed by atoms with Gasteiger partial charge in [0.1, 0.15) is 0 Å². The van der Waals surface area contributed by atoms with E-state index in [0.29, 0.717) is 13.1 Å². The maximum Gasteiger partial charge on any atom is 0.310 e. The smallest absolute Gasteiger partial charge is 0.310 e. The van der Waals surface area contributed by atoms with Gasteiger partial charge in [0.15, 0.2) is 0 Å². The molecule has 0 aliphatic carbocycles. The Labute approximate surface area is 85.3 Å². The first-order valence-electron chi connectivity index (χ1n) is 4.76. The molecule has 84 valence electrons. The Morgan fingerprint density at radius 3 is 2.07 bits per heavy atom. The molecule has 0 bridgehead atoms. The van der Waals surface area contributed by atoms with Gasteiger partial charge in [-0.3, -0.25) is 4.79 Å². The molecule has 0 unspecified atom stereocenters. The second-order valence-corrected chi connectivity index (χ2v) is 5.11. The molecule has 0 fully saturated rings. The average Bonchev–Trinajstić information content (AvgIpc) is 2.03. The van der Waals surface area contributed by atoms with E-state index in [1.54, 1.807) is 13.8 Å².